The minimum Gasteiger partial charge on any atom is -0.468 e. The molecule has 5 aromatic rings. The second-order valence-corrected chi connectivity index (χ2v) is 12.2. The topological polar surface area (TPSA) is 148 Å². The number of thioether (sulfide) groups is 1. The van der Waals surface area contributed by atoms with Crippen LogP contribution in [0, 0.1) is 13.8 Å². The van der Waals surface area contributed by atoms with E-state index in [9.17, 15) is 24.0 Å². The lowest BCUT2D eigenvalue weighted by Gasteiger charge is -2.16. The number of aromatic nitrogens is 4. The molecule has 3 heterocycles. The van der Waals surface area contributed by atoms with Crippen molar-refractivity contribution in [2.75, 3.05) is 18.6 Å². The number of thiophene rings is 1. The number of nitrogens with zero attached hydrogens (tertiary/aromatic N) is 4. The smallest absolute Gasteiger partial charge is 0.333 e. The number of hydrogen-bond acceptors (Lipinski definition) is 10. The van der Waals surface area contributed by atoms with Gasteiger partial charge in [0.1, 0.15) is 22.8 Å². The molecule has 13 heteroatoms. The van der Waals surface area contributed by atoms with Crippen LogP contribution in [0.3, 0.4) is 0 Å². The third-order valence-electron chi connectivity index (χ3n) is 7.21. The van der Waals surface area contributed by atoms with E-state index in [0.717, 1.165) is 39.4 Å². The minimum atomic E-state index is -0.998. The Morgan fingerprint density at radius 1 is 0.886 bits per heavy atom. The summed E-state index contributed by atoms with van der Waals surface area (Å²) in [5, 5.41) is 0.828. The number of rotatable bonds is 10. The molecule has 0 saturated carbocycles. The Kier molecular flexibility index (Phi) is 8.97. The quantitative estimate of drug-likeness (QED) is 0.106. The van der Waals surface area contributed by atoms with Gasteiger partial charge in [-0.25, -0.2) is 14.3 Å². The van der Waals surface area contributed by atoms with Crippen LogP contribution in [0.2, 0.25) is 0 Å². The number of anilines is 1. The molecule has 11 nitrogen and oxygen atoms in total. The molecule has 0 aliphatic heterocycles. The summed E-state index contributed by atoms with van der Waals surface area (Å²) in [4.78, 5) is 72.5. The highest BCUT2D eigenvalue weighted by Crippen LogP contribution is 2.29. The molecule has 2 N–H and O–H groups in total. The van der Waals surface area contributed by atoms with Crippen LogP contribution in [0.25, 0.3) is 10.2 Å². The highest BCUT2D eigenvalue weighted by atomic mass is 32.2. The molecule has 0 bridgehead atoms. The second kappa shape index (κ2) is 12.9. The van der Waals surface area contributed by atoms with E-state index < -0.39 is 35.1 Å². The van der Waals surface area contributed by atoms with E-state index in [0.29, 0.717) is 25.5 Å². The number of Topliss-reactive ketones (excluding diaryl/α,β-unsaturated/α-hetero) is 1. The third-order valence-corrected chi connectivity index (χ3v) is 9.29. The van der Waals surface area contributed by atoms with Gasteiger partial charge in [-0.05, 0) is 30.5 Å². The maximum Gasteiger partial charge on any atom is 0.333 e. The first-order chi connectivity index (χ1) is 21.1. The summed E-state index contributed by atoms with van der Waals surface area (Å²) < 4.78 is 7.92. The fourth-order valence-electron chi connectivity index (χ4n) is 4.76. The fourth-order valence-corrected chi connectivity index (χ4v) is 6.70. The molecule has 0 unspecified atom stereocenters. The summed E-state index contributed by atoms with van der Waals surface area (Å²) in [5.74, 6) is -2.14. The first-order valence-electron chi connectivity index (χ1n) is 13.5. The van der Waals surface area contributed by atoms with Crippen LogP contribution in [0.15, 0.2) is 80.2 Å². The van der Waals surface area contributed by atoms with E-state index in [-0.39, 0.29) is 30.2 Å². The predicted octanol–water partition coefficient (Wildman–Crippen LogP) is 3.23. The highest BCUT2D eigenvalue weighted by molar-refractivity contribution is 7.99. The van der Waals surface area contributed by atoms with E-state index in [1.54, 1.807) is 24.3 Å². The molecule has 2 aromatic carbocycles. The lowest BCUT2D eigenvalue weighted by atomic mass is 10.2. The number of fused-ring (bicyclic) bond motifs is 1. The molecule has 0 saturated heterocycles. The molecule has 44 heavy (non-hydrogen) atoms. The number of nitrogens with two attached hydrogens (primary N) is 1. The van der Waals surface area contributed by atoms with Crippen LogP contribution in [0.4, 0.5) is 5.82 Å². The van der Waals surface area contributed by atoms with Crippen molar-refractivity contribution < 1.29 is 14.3 Å². The first kappa shape index (κ1) is 30.7. The van der Waals surface area contributed by atoms with Crippen LogP contribution in [0.5, 0.6) is 0 Å². The average Bonchev–Trinajstić information content (AvgIpc) is 3.31. The standard InChI is InChI=1S/C31H29N5O6S2/c1-18-19(2)44-27-24(18)28(39)35(15-21-12-8-5-9-13-21)30(33-27)43-17-22(37)25-26(32)34(14-20-10-6-4-7-11-20)31(41)36(29(25)40)16-23(38)42-3/h4-13H,14-17,32H2,1-3H3. The average molecular weight is 632 g/mol. The van der Waals surface area contributed by atoms with E-state index >= 15 is 0 Å². The number of nitrogen functional groups attached to an aromatic ring is 1. The number of ketones is 1. The highest BCUT2D eigenvalue weighted by Gasteiger charge is 2.25. The molecule has 0 aliphatic rings. The molecule has 0 radical (unpaired) electrons. The zero-order valence-electron chi connectivity index (χ0n) is 24.2. The molecule has 3 aromatic heterocycles. The van der Waals surface area contributed by atoms with Crippen LogP contribution in [-0.2, 0) is 29.2 Å². The van der Waals surface area contributed by atoms with Gasteiger partial charge in [0.2, 0.25) is 0 Å². The summed E-state index contributed by atoms with van der Waals surface area (Å²) in [5.41, 5.74) is 6.24. The van der Waals surface area contributed by atoms with Crippen molar-refractivity contribution in [3.05, 3.63) is 119 Å². The minimum absolute atomic E-state index is 0.0354. The number of carbonyl (C=O) groups is 2. The molecular formula is C31H29N5O6S2. The zero-order chi connectivity index (χ0) is 31.5. The molecule has 0 amide bonds. The Morgan fingerprint density at radius 3 is 2.07 bits per heavy atom. The van der Waals surface area contributed by atoms with Gasteiger partial charge in [0.25, 0.3) is 11.1 Å². The number of methoxy groups -OCH3 is 1. The van der Waals surface area contributed by atoms with Gasteiger partial charge in [-0.15, -0.1) is 11.3 Å². The number of aryl methyl sites for hydroxylation is 2. The van der Waals surface area contributed by atoms with Crippen molar-refractivity contribution in [2.24, 2.45) is 0 Å². The summed E-state index contributed by atoms with van der Waals surface area (Å²) in [7, 11) is 1.13. The molecule has 0 atom stereocenters. The van der Waals surface area contributed by atoms with E-state index in [1.165, 1.54) is 15.9 Å². The molecule has 0 aliphatic carbocycles. The van der Waals surface area contributed by atoms with Crippen LogP contribution in [0.1, 0.15) is 31.9 Å². The van der Waals surface area contributed by atoms with E-state index in [2.05, 4.69) is 4.74 Å². The van der Waals surface area contributed by atoms with Crippen LogP contribution < -0.4 is 22.5 Å². The monoisotopic (exact) mass is 631 g/mol. The van der Waals surface area contributed by atoms with Gasteiger partial charge in [0.05, 0.1) is 31.3 Å². The number of carbonyl (C=O) groups excluding carboxylic acids is 2. The predicted molar refractivity (Wildman–Crippen MR) is 171 cm³/mol. The summed E-state index contributed by atoms with van der Waals surface area (Å²) in [6.07, 6.45) is 0. The van der Waals surface area contributed by atoms with E-state index in [1.807, 2.05) is 50.2 Å². The third kappa shape index (κ3) is 6.01. The maximum atomic E-state index is 13.7. The Bertz CT molecular complexity index is 2060. The summed E-state index contributed by atoms with van der Waals surface area (Å²) >= 11 is 2.39. The molecule has 5 rings (SSSR count). The van der Waals surface area contributed by atoms with Crippen LogP contribution >= 0.6 is 23.1 Å². The number of esters is 1. The van der Waals surface area contributed by atoms with Crippen molar-refractivity contribution in [3.63, 3.8) is 0 Å². The van der Waals surface area contributed by atoms with Gasteiger partial charge in [0, 0.05) is 4.88 Å². The fraction of sp³-hybridized carbons (Fsp3) is 0.226. The first-order valence-corrected chi connectivity index (χ1v) is 15.3. The van der Waals surface area contributed by atoms with Gasteiger partial charge in [0.15, 0.2) is 10.9 Å². The van der Waals surface area contributed by atoms with E-state index in [4.69, 9.17) is 10.7 Å². The number of ether oxygens (including phenoxy) is 1. The van der Waals surface area contributed by atoms with Crippen molar-refractivity contribution in [1.29, 1.82) is 0 Å². The van der Waals surface area contributed by atoms with Gasteiger partial charge < -0.3 is 10.5 Å². The molecule has 0 spiro atoms. The lowest BCUT2D eigenvalue weighted by Crippen LogP contribution is -2.45. The van der Waals surface area contributed by atoms with Crippen molar-refractivity contribution in [3.8, 4) is 0 Å². The molecule has 0 fully saturated rings. The number of hydrogen-bond donors (Lipinski definition) is 1. The normalized spacial score (nSPS) is 11.2. The Balaban J connectivity index is 1.57. The van der Waals surface area contributed by atoms with Crippen LogP contribution in [-0.4, -0.2) is 43.3 Å². The zero-order valence-corrected chi connectivity index (χ0v) is 25.9. The van der Waals surface area contributed by atoms with Gasteiger partial charge in [-0.1, -0.05) is 72.4 Å². The van der Waals surface area contributed by atoms with Crippen molar-refractivity contribution in [2.45, 2.75) is 38.6 Å². The molecule has 226 valence electrons. The van der Waals surface area contributed by atoms with Crippen molar-refractivity contribution >= 4 is 50.9 Å². The molecular weight excluding hydrogens is 603 g/mol. The SMILES string of the molecule is COC(=O)Cn1c(=O)c(C(=O)CSc2nc3sc(C)c(C)c3c(=O)n2Cc2ccccc2)c(N)n(Cc2ccccc2)c1=O. The lowest BCUT2D eigenvalue weighted by molar-refractivity contribution is -0.141. The summed E-state index contributed by atoms with van der Waals surface area (Å²) in [6.45, 7) is 3.30. The van der Waals surface area contributed by atoms with Gasteiger partial charge in [-0.2, -0.15) is 0 Å². The summed E-state index contributed by atoms with van der Waals surface area (Å²) in [6, 6.07) is 18.3. The number of benzene rings is 2. The Morgan fingerprint density at radius 2 is 1.48 bits per heavy atom. The van der Waals surface area contributed by atoms with Gasteiger partial charge >= 0.3 is 11.7 Å². The van der Waals surface area contributed by atoms with Gasteiger partial charge in [-0.3, -0.25) is 28.3 Å². The second-order valence-electron chi connectivity index (χ2n) is 10.0. The Hall–Kier alpha value is -4.75. The maximum absolute atomic E-state index is 13.7. The van der Waals surface area contributed by atoms with Crippen molar-refractivity contribution in [1.82, 2.24) is 18.7 Å². The largest absolute Gasteiger partial charge is 0.468 e. The Labute approximate surface area is 259 Å².